The van der Waals surface area contributed by atoms with Crippen molar-refractivity contribution in [2.45, 2.75) is 13.3 Å². The highest BCUT2D eigenvalue weighted by Crippen LogP contribution is 2.30. The molecule has 0 fully saturated rings. The number of benzene rings is 1. The van der Waals surface area contributed by atoms with Gasteiger partial charge in [-0.15, -0.1) is 24.5 Å². The van der Waals surface area contributed by atoms with Gasteiger partial charge in [-0.05, 0) is 31.2 Å². The van der Waals surface area contributed by atoms with Crippen molar-refractivity contribution >= 4 is 11.3 Å². The maximum absolute atomic E-state index is 12.1. The highest BCUT2D eigenvalue weighted by Gasteiger charge is 2.31. The number of ether oxygens (including phenoxy) is 1. The minimum Gasteiger partial charge on any atom is -0.406 e. The number of thiazole rings is 1. The monoisotopic (exact) mass is 326 g/mol. The van der Waals surface area contributed by atoms with Crippen molar-refractivity contribution in [2.24, 2.45) is 0 Å². The van der Waals surface area contributed by atoms with E-state index in [9.17, 15) is 13.2 Å². The smallest absolute Gasteiger partial charge is 0.406 e. The summed E-state index contributed by atoms with van der Waals surface area (Å²) in [5.41, 5.74) is 2.74. The van der Waals surface area contributed by atoms with Gasteiger partial charge in [0.05, 0.1) is 11.4 Å². The second-order valence-electron chi connectivity index (χ2n) is 4.37. The number of halogens is 3. The van der Waals surface area contributed by atoms with Crippen LogP contribution < -0.4 is 4.74 Å². The fourth-order valence-corrected chi connectivity index (χ4v) is 2.70. The molecule has 3 aromatic rings. The molecule has 0 saturated carbocycles. The number of aryl methyl sites for hydroxylation is 1. The Labute approximate surface area is 126 Å². The fourth-order valence-electron chi connectivity index (χ4n) is 1.83. The number of nitrogens with one attached hydrogen (secondary N) is 1. The van der Waals surface area contributed by atoms with Crippen molar-refractivity contribution in [2.75, 3.05) is 0 Å². The van der Waals surface area contributed by atoms with E-state index in [1.54, 1.807) is 0 Å². The fraction of sp³-hybridized carbons (Fsp3) is 0.154. The van der Waals surface area contributed by atoms with E-state index in [0.29, 0.717) is 22.0 Å². The molecule has 1 N–H and O–H groups in total. The molecule has 114 valence electrons. The van der Waals surface area contributed by atoms with Crippen LogP contribution in [0.5, 0.6) is 5.75 Å². The summed E-state index contributed by atoms with van der Waals surface area (Å²) in [5.74, 6) is -0.265. The second-order valence-corrected chi connectivity index (χ2v) is 5.23. The van der Waals surface area contributed by atoms with Gasteiger partial charge in [-0.1, -0.05) is 0 Å². The molecule has 3 rings (SSSR count). The van der Waals surface area contributed by atoms with Crippen LogP contribution in [0.4, 0.5) is 13.2 Å². The van der Waals surface area contributed by atoms with E-state index < -0.39 is 6.36 Å². The van der Waals surface area contributed by atoms with E-state index in [2.05, 4.69) is 25.1 Å². The SMILES string of the molecule is Cc1n[nH]nc1-c1nc(-c2ccc(OC(F)(F)F)cc2)cs1. The number of H-pyrrole nitrogens is 1. The molecule has 1 aromatic carbocycles. The van der Waals surface area contributed by atoms with Crippen molar-refractivity contribution in [3.05, 3.63) is 35.3 Å². The minimum atomic E-state index is -4.69. The number of aromatic nitrogens is 4. The summed E-state index contributed by atoms with van der Waals surface area (Å²) >= 11 is 1.39. The van der Waals surface area contributed by atoms with E-state index in [1.807, 2.05) is 12.3 Å². The van der Waals surface area contributed by atoms with Crippen LogP contribution in [-0.4, -0.2) is 26.8 Å². The number of rotatable bonds is 3. The predicted octanol–water partition coefficient (Wildman–Crippen LogP) is 3.80. The molecular formula is C13H9F3N4OS. The van der Waals surface area contributed by atoms with Crippen LogP contribution in [0, 0.1) is 6.92 Å². The van der Waals surface area contributed by atoms with Gasteiger partial charge in [-0.2, -0.15) is 15.4 Å². The third-order valence-electron chi connectivity index (χ3n) is 2.81. The molecule has 0 spiro atoms. The molecule has 22 heavy (non-hydrogen) atoms. The van der Waals surface area contributed by atoms with Crippen molar-refractivity contribution in [1.82, 2.24) is 20.4 Å². The van der Waals surface area contributed by atoms with Gasteiger partial charge >= 0.3 is 6.36 Å². The topological polar surface area (TPSA) is 63.7 Å². The zero-order valence-electron chi connectivity index (χ0n) is 11.2. The van der Waals surface area contributed by atoms with Crippen LogP contribution in [0.1, 0.15) is 5.69 Å². The molecule has 2 aromatic heterocycles. The Balaban J connectivity index is 1.83. The summed E-state index contributed by atoms with van der Waals surface area (Å²) in [6, 6.07) is 5.55. The molecule has 0 amide bonds. The Bertz CT molecular complexity index is 779. The van der Waals surface area contributed by atoms with Crippen LogP contribution >= 0.6 is 11.3 Å². The molecule has 0 unspecified atom stereocenters. The van der Waals surface area contributed by atoms with E-state index in [1.165, 1.54) is 35.6 Å². The molecule has 5 nitrogen and oxygen atoms in total. The Kier molecular flexibility index (Phi) is 3.57. The van der Waals surface area contributed by atoms with Crippen molar-refractivity contribution < 1.29 is 17.9 Å². The van der Waals surface area contributed by atoms with Gasteiger partial charge in [0.2, 0.25) is 0 Å². The molecule has 2 heterocycles. The van der Waals surface area contributed by atoms with E-state index in [-0.39, 0.29) is 5.75 Å². The zero-order chi connectivity index (χ0) is 15.7. The zero-order valence-corrected chi connectivity index (χ0v) is 12.0. The molecule has 0 saturated heterocycles. The number of nitrogens with zero attached hydrogens (tertiary/aromatic N) is 3. The first-order chi connectivity index (χ1) is 10.4. The number of hydrogen-bond acceptors (Lipinski definition) is 5. The summed E-state index contributed by atoms with van der Waals surface area (Å²) in [6.07, 6.45) is -4.69. The van der Waals surface area contributed by atoms with Gasteiger partial charge in [-0.3, -0.25) is 0 Å². The van der Waals surface area contributed by atoms with E-state index >= 15 is 0 Å². The summed E-state index contributed by atoms with van der Waals surface area (Å²) < 4.78 is 40.2. The molecule has 0 radical (unpaired) electrons. The van der Waals surface area contributed by atoms with Crippen molar-refractivity contribution in [1.29, 1.82) is 0 Å². The summed E-state index contributed by atoms with van der Waals surface area (Å²) in [5, 5.41) is 13.0. The lowest BCUT2D eigenvalue weighted by atomic mass is 10.2. The van der Waals surface area contributed by atoms with Crippen LogP contribution in [0.25, 0.3) is 22.0 Å². The highest BCUT2D eigenvalue weighted by atomic mass is 32.1. The highest BCUT2D eigenvalue weighted by molar-refractivity contribution is 7.13. The summed E-state index contributed by atoms with van der Waals surface area (Å²) in [4.78, 5) is 4.42. The van der Waals surface area contributed by atoms with Crippen molar-refractivity contribution in [3.63, 3.8) is 0 Å². The van der Waals surface area contributed by atoms with Gasteiger partial charge in [0.25, 0.3) is 0 Å². The van der Waals surface area contributed by atoms with Crippen LogP contribution in [0.2, 0.25) is 0 Å². The average Bonchev–Trinajstić information content (AvgIpc) is 3.06. The van der Waals surface area contributed by atoms with Gasteiger partial charge in [0.15, 0.2) is 0 Å². The molecule has 0 aliphatic rings. The first kappa shape index (κ1) is 14.5. The second kappa shape index (κ2) is 5.41. The average molecular weight is 326 g/mol. The first-order valence-corrected chi connectivity index (χ1v) is 7.00. The first-order valence-electron chi connectivity index (χ1n) is 6.12. The van der Waals surface area contributed by atoms with Gasteiger partial charge in [-0.25, -0.2) is 4.98 Å². The minimum absolute atomic E-state index is 0.265. The van der Waals surface area contributed by atoms with Crippen LogP contribution in [0.3, 0.4) is 0 Å². The molecular weight excluding hydrogens is 317 g/mol. The molecule has 0 aliphatic heterocycles. The van der Waals surface area contributed by atoms with Gasteiger partial charge in [0.1, 0.15) is 16.5 Å². The third-order valence-corrected chi connectivity index (χ3v) is 3.66. The van der Waals surface area contributed by atoms with Crippen LogP contribution in [-0.2, 0) is 0 Å². The van der Waals surface area contributed by atoms with Crippen molar-refractivity contribution in [3.8, 4) is 27.7 Å². The quantitative estimate of drug-likeness (QED) is 0.795. The Morgan fingerprint density at radius 1 is 1.14 bits per heavy atom. The lowest BCUT2D eigenvalue weighted by Gasteiger charge is -2.08. The largest absolute Gasteiger partial charge is 0.573 e. The molecule has 0 aliphatic carbocycles. The lowest BCUT2D eigenvalue weighted by Crippen LogP contribution is -2.16. The normalized spacial score (nSPS) is 11.6. The Morgan fingerprint density at radius 2 is 1.86 bits per heavy atom. The molecule has 9 heteroatoms. The predicted molar refractivity (Wildman–Crippen MR) is 74.3 cm³/mol. The van der Waals surface area contributed by atoms with E-state index in [4.69, 9.17) is 0 Å². The Hall–Kier alpha value is -2.42. The maximum Gasteiger partial charge on any atom is 0.573 e. The molecule has 0 bridgehead atoms. The standard InChI is InChI=1S/C13H9F3N4OS/c1-7-11(19-20-18-7)12-17-10(6-22-12)8-2-4-9(5-3-8)21-13(14,15)16/h2-6H,1H3,(H,18,19,20). The van der Waals surface area contributed by atoms with Crippen LogP contribution in [0.15, 0.2) is 29.6 Å². The summed E-state index contributed by atoms with van der Waals surface area (Å²) in [7, 11) is 0. The Morgan fingerprint density at radius 3 is 2.45 bits per heavy atom. The maximum atomic E-state index is 12.1. The van der Waals surface area contributed by atoms with Gasteiger partial charge in [0, 0.05) is 10.9 Å². The third kappa shape index (κ3) is 3.08. The number of alkyl halides is 3. The van der Waals surface area contributed by atoms with Gasteiger partial charge < -0.3 is 4.74 Å². The van der Waals surface area contributed by atoms with E-state index in [0.717, 1.165) is 5.69 Å². The molecule has 0 atom stereocenters. The lowest BCUT2D eigenvalue weighted by molar-refractivity contribution is -0.274. The number of aromatic amines is 1. The number of hydrogen-bond donors (Lipinski definition) is 1. The summed E-state index contributed by atoms with van der Waals surface area (Å²) in [6.45, 7) is 1.81.